The normalized spacial score (nSPS) is 31.0. The van der Waals surface area contributed by atoms with Crippen LogP contribution in [0.1, 0.15) is 59.8 Å². The van der Waals surface area contributed by atoms with Crippen molar-refractivity contribution in [2.24, 2.45) is 17.1 Å². The van der Waals surface area contributed by atoms with Crippen LogP contribution in [0, 0.1) is 11.3 Å². The van der Waals surface area contributed by atoms with Gasteiger partial charge in [0.1, 0.15) is 0 Å². The molecule has 0 aliphatic heterocycles. The summed E-state index contributed by atoms with van der Waals surface area (Å²) >= 11 is 0. The predicted molar refractivity (Wildman–Crippen MR) is 75.4 cm³/mol. The van der Waals surface area contributed by atoms with E-state index in [0.717, 1.165) is 31.8 Å². The highest BCUT2D eigenvalue weighted by molar-refractivity contribution is 4.83. The molecule has 0 spiro atoms. The number of ether oxygens (including phenoxy) is 1. The van der Waals surface area contributed by atoms with Crippen LogP contribution in [0.4, 0.5) is 0 Å². The van der Waals surface area contributed by atoms with Crippen LogP contribution in [-0.2, 0) is 4.74 Å². The molecule has 1 fully saturated rings. The quantitative estimate of drug-likeness (QED) is 0.719. The lowest BCUT2D eigenvalue weighted by Gasteiger charge is -2.38. The topological polar surface area (TPSA) is 55.5 Å². The van der Waals surface area contributed by atoms with E-state index < -0.39 is 5.54 Å². The van der Waals surface area contributed by atoms with Crippen molar-refractivity contribution in [3.05, 3.63) is 0 Å². The lowest BCUT2D eigenvalue weighted by molar-refractivity contribution is -0.0255. The van der Waals surface area contributed by atoms with Gasteiger partial charge in [-0.1, -0.05) is 20.8 Å². The van der Waals surface area contributed by atoms with Gasteiger partial charge in [0.25, 0.3) is 0 Å². The summed E-state index contributed by atoms with van der Waals surface area (Å²) in [5.41, 5.74) is 5.85. The number of rotatable bonds is 6. The summed E-state index contributed by atoms with van der Waals surface area (Å²) in [7, 11) is 0. The van der Waals surface area contributed by atoms with Gasteiger partial charge in [-0.15, -0.1) is 0 Å². The molecule has 1 aliphatic carbocycles. The van der Waals surface area contributed by atoms with Gasteiger partial charge in [-0.2, -0.15) is 0 Å². The molecule has 0 aromatic carbocycles. The molecule has 0 radical (unpaired) electrons. The minimum absolute atomic E-state index is 0.0422. The number of aliphatic hydroxyl groups excluding tert-OH is 1. The summed E-state index contributed by atoms with van der Waals surface area (Å²) in [6.07, 6.45) is 5.80. The van der Waals surface area contributed by atoms with Crippen LogP contribution in [-0.4, -0.2) is 30.0 Å². The van der Waals surface area contributed by atoms with Gasteiger partial charge in [-0.25, -0.2) is 0 Å². The van der Waals surface area contributed by atoms with E-state index in [9.17, 15) is 0 Å². The summed E-state index contributed by atoms with van der Waals surface area (Å²) in [6.45, 7) is 9.68. The highest BCUT2D eigenvalue weighted by Crippen LogP contribution is 2.39. The van der Waals surface area contributed by atoms with Crippen LogP contribution >= 0.6 is 0 Å². The molecule has 3 N–H and O–H groups in total. The Morgan fingerprint density at radius 2 is 2.06 bits per heavy atom. The number of aliphatic hydroxyl groups is 1. The van der Waals surface area contributed by atoms with Gasteiger partial charge >= 0.3 is 0 Å². The zero-order chi connectivity index (χ0) is 13.8. The van der Waals surface area contributed by atoms with Gasteiger partial charge in [-0.05, 0) is 50.4 Å². The van der Waals surface area contributed by atoms with Gasteiger partial charge in [0.2, 0.25) is 0 Å². The molecule has 108 valence electrons. The van der Waals surface area contributed by atoms with E-state index in [1.165, 1.54) is 12.8 Å². The molecule has 0 heterocycles. The van der Waals surface area contributed by atoms with Crippen molar-refractivity contribution in [1.82, 2.24) is 0 Å². The third kappa shape index (κ3) is 5.68. The smallest absolute Gasteiger partial charge is 0.0608 e. The van der Waals surface area contributed by atoms with Crippen molar-refractivity contribution in [2.75, 3.05) is 13.2 Å². The predicted octanol–water partition coefficient (Wildman–Crippen LogP) is 2.71. The lowest BCUT2D eigenvalue weighted by atomic mass is 9.71. The summed E-state index contributed by atoms with van der Waals surface area (Å²) < 4.78 is 5.99. The number of hydrogen-bond acceptors (Lipinski definition) is 3. The van der Waals surface area contributed by atoms with Gasteiger partial charge in [0.05, 0.1) is 12.7 Å². The van der Waals surface area contributed by atoms with Crippen LogP contribution < -0.4 is 5.73 Å². The average molecular weight is 257 g/mol. The fourth-order valence-electron chi connectivity index (χ4n) is 3.19. The maximum Gasteiger partial charge on any atom is 0.0608 e. The second-order valence-corrected chi connectivity index (χ2v) is 7.32. The molecule has 3 unspecified atom stereocenters. The van der Waals surface area contributed by atoms with Crippen molar-refractivity contribution in [1.29, 1.82) is 0 Å². The summed E-state index contributed by atoms with van der Waals surface area (Å²) in [4.78, 5) is 0. The molecule has 3 nitrogen and oxygen atoms in total. The molecule has 1 rings (SSSR count). The minimum Gasteiger partial charge on any atom is -0.394 e. The fourth-order valence-corrected chi connectivity index (χ4v) is 3.19. The third-order valence-electron chi connectivity index (χ3n) is 3.95. The molecule has 0 aromatic rings. The van der Waals surface area contributed by atoms with Crippen LogP contribution in [0.25, 0.3) is 0 Å². The Hall–Kier alpha value is -0.120. The standard InChI is InChI=1S/C15H31NO2/c1-12-8-13(10-14(2,3)9-12)18-7-5-6-15(4,16)11-17/h12-13,17H,5-11,16H2,1-4H3. The first-order chi connectivity index (χ1) is 8.24. The van der Waals surface area contributed by atoms with E-state index in [1.807, 2.05) is 6.92 Å². The van der Waals surface area contributed by atoms with E-state index in [1.54, 1.807) is 0 Å². The van der Waals surface area contributed by atoms with Gasteiger partial charge < -0.3 is 15.6 Å². The Morgan fingerprint density at radius 3 is 2.61 bits per heavy atom. The van der Waals surface area contributed by atoms with E-state index in [-0.39, 0.29) is 6.61 Å². The largest absolute Gasteiger partial charge is 0.394 e. The highest BCUT2D eigenvalue weighted by atomic mass is 16.5. The van der Waals surface area contributed by atoms with E-state index in [2.05, 4.69) is 20.8 Å². The summed E-state index contributed by atoms with van der Waals surface area (Å²) in [5, 5.41) is 9.08. The fraction of sp³-hybridized carbons (Fsp3) is 1.00. The molecule has 0 saturated heterocycles. The van der Waals surface area contributed by atoms with Crippen molar-refractivity contribution >= 4 is 0 Å². The van der Waals surface area contributed by atoms with Gasteiger partial charge in [-0.3, -0.25) is 0 Å². The highest BCUT2D eigenvalue weighted by Gasteiger charge is 2.32. The molecule has 1 saturated carbocycles. The van der Waals surface area contributed by atoms with Crippen LogP contribution in [0.5, 0.6) is 0 Å². The monoisotopic (exact) mass is 257 g/mol. The van der Waals surface area contributed by atoms with Crippen molar-refractivity contribution in [2.45, 2.75) is 71.4 Å². The number of nitrogens with two attached hydrogens (primary N) is 1. The Kier molecular flexibility index (Phi) is 5.63. The first kappa shape index (κ1) is 15.9. The number of hydrogen-bond donors (Lipinski definition) is 2. The molecule has 0 aromatic heterocycles. The Labute approximate surface area is 112 Å². The molecule has 3 atom stereocenters. The lowest BCUT2D eigenvalue weighted by Crippen LogP contribution is -2.40. The molecule has 0 bridgehead atoms. The maximum atomic E-state index is 9.08. The van der Waals surface area contributed by atoms with Crippen LogP contribution in [0.3, 0.4) is 0 Å². The molecule has 3 heteroatoms. The summed E-state index contributed by atoms with van der Waals surface area (Å²) in [5.74, 6) is 0.760. The Balaban J connectivity index is 2.23. The first-order valence-electron chi connectivity index (χ1n) is 7.25. The molecule has 18 heavy (non-hydrogen) atoms. The molecule has 1 aliphatic rings. The third-order valence-corrected chi connectivity index (χ3v) is 3.95. The van der Waals surface area contributed by atoms with E-state index in [4.69, 9.17) is 15.6 Å². The van der Waals surface area contributed by atoms with Gasteiger partial charge in [0.15, 0.2) is 0 Å². The van der Waals surface area contributed by atoms with Crippen molar-refractivity contribution in [3.63, 3.8) is 0 Å². The van der Waals surface area contributed by atoms with Crippen LogP contribution in [0.15, 0.2) is 0 Å². The average Bonchev–Trinajstić information content (AvgIpc) is 2.22. The molecular formula is C15H31NO2. The SMILES string of the molecule is CC1CC(OCCCC(C)(N)CO)CC(C)(C)C1. The Bertz CT molecular complexity index is 251. The summed E-state index contributed by atoms with van der Waals surface area (Å²) in [6, 6.07) is 0. The van der Waals surface area contributed by atoms with Gasteiger partial charge in [0, 0.05) is 12.1 Å². The maximum absolute atomic E-state index is 9.08. The zero-order valence-corrected chi connectivity index (χ0v) is 12.5. The minimum atomic E-state index is -0.456. The molecule has 0 amide bonds. The second kappa shape index (κ2) is 6.36. The Morgan fingerprint density at radius 1 is 1.39 bits per heavy atom. The van der Waals surface area contributed by atoms with E-state index in [0.29, 0.717) is 11.5 Å². The molecular weight excluding hydrogens is 226 g/mol. The van der Waals surface area contributed by atoms with Crippen molar-refractivity contribution < 1.29 is 9.84 Å². The van der Waals surface area contributed by atoms with E-state index >= 15 is 0 Å². The zero-order valence-electron chi connectivity index (χ0n) is 12.5. The first-order valence-corrected chi connectivity index (χ1v) is 7.25. The van der Waals surface area contributed by atoms with Crippen LogP contribution in [0.2, 0.25) is 0 Å². The van der Waals surface area contributed by atoms with Crippen molar-refractivity contribution in [3.8, 4) is 0 Å². The second-order valence-electron chi connectivity index (χ2n) is 7.32.